The molecule has 8 nitrogen and oxygen atoms in total. The van der Waals surface area contributed by atoms with Gasteiger partial charge in [0.05, 0.1) is 18.4 Å². The van der Waals surface area contributed by atoms with Gasteiger partial charge in [-0.05, 0) is 62.8 Å². The Kier molecular flexibility index (Phi) is 12.0. The summed E-state index contributed by atoms with van der Waals surface area (Å²) in [6.45, 7) is 9.17. The third kappa shape index (κ3) is 11.0. The molecule has 0 saturated heterocycles. The predicted octanol–water partition coefficient (Wildman–Crippen LogP) is 5.57. The average molecular weight is 545 g/mol. The van der Waals surface area contributed by atoms with Crippen molar-refractivity contribution in [3.05, 3.63) is 65.7 Å². The van der Waals surface area contributed by atoms with E-state index in [4.69, 9.17) is 9.47 Å². The minimum Gasteiger partial charge on any atom is -0.497 e. The second-order valence-electron chi connectivity index (χ2n) is 10.5. The number of nitrogens with one attached hydrogen (secondary N) is 2. The molecule has 0 aliphatic carbocycles. The fraction of sp³-hybridized carbons (Fsp3) is 0.483. The van der Waals surface area contributed by atoms with Crippen molar-refractivity contribution >= 4 is 29.7 Å². The Bertz CT molecular complexity index is 1040. The van der Waals surface area contributed by atoms with Crippen LogP contribution < -0.4 is 15.4 Å². The van der Waals surface area contributed by atoms with Crippen LogP contribution in [0.4, 0.5) is 4.79 Å². The van der Waals surface area contributed by atoms with E-state index >= 15 is 0 Å². The van der Waals surface area contributed by atoms with Gasteiger partial charge in [0.1, 0.15) is 17.4 Å². The van der Waals surface area contributed by atoms with Crippen molar-refractivity contribution in [3.63, 3.8) is 0 Å². The molecule has 2 unspecified atom stereocenters. The molecule has 3 atom stereocenters. The molecule has 0 fully saturated rings. The first-order valence-electron chi connectivity index (χ1n) is 12.7. The van der Waals surface area contributed by atoms with Crippen molar-refractivity contribution in [1.82, 2.24) is 10.6 Å². The van der Waals surface area contributed by atoms with E-state index in [1.807, 2.05) is 68.4 Å². The standard InChI is InChI=1S/C29H40N2O6S/c1-19(2)16-24(27(33)34)30-26(32)25(38-18-20-12-14-22(36-6)15-13-20)17-23(21-10-8-7-9-11-21)31-28(35)37-29(3,4)5/h7-15,19,23-25H,16-18H2,1-6H3,(H,30,32)(H,31,35)(H,33,34)/t23?,24-,25?/m0/s1. The number of benzene rings is 2. The van der Waals surface area contributed by atoms with Crippen LogP contribution in [0.25, 0.3) is 0 Å². The third-order valence-electron chi connectivity index (χ3n) is 5.57. The van der Waals surface area contributed by atoms with E-state index in [0.29, 0.717) is 12.2 Å². The third-order valence-corrected chi connectivity index (χ3v) is 6.88. The van der Waals surface area contributed by atoms with E-state index in [0.717, 1.165) is 16.9 Å². The topological polar surface area (TPSA) is 114 Å². The second kappa shape index (κ2) is 14.7. The van der Waals surface area contributed by atoms with Gasteiger partial charge in [0.15, 0.2) is 0 Å². The average Bonchev–Trinajstić information content (AvgIpc) is 2.84. The first-order chi connectivity index (χ1) is 17.9. The Labute approximate surface area is 229 Å². The molecule has 0 aliphatic rings. The molecule has 0 aliphatic heterocycles. The summed E-state index contributed by atoms with van der Waals surface area (Å²) in [6, 6.07) is 15.4. The zero-order chi connectivity index (χ0) is 28.3. The maximum atomic E-state index is 13.5. The number of thioether (sulfide) groups is 1. The van der Waals surface area contributed by atoms with Crippen molar-refractivity contribution in [2.45, 2.75) is 76.1 Å². The largest absolute Gasteiger partial charge is 0.497 e. The highest BCUT2D eigenvalue weighted by atomic mass is 32.2. The Hall–Kier alpha value is -3.20. The number of amides is 2. The van der Waals surface area contributed by atoms with Crippen molar-refractivity contribution in [1.29, 1.82) is 0 Å². The van der Waals surface area contributed by atoms with Gasteiger partial charge in [-0.3, -0.25) is 4.79 Å². The smallest absolute Gasteiger partial charge is 0.408 e. The zero-order valence-electron chi connectivity index (χ0n) is 23.0. The maximum Gasteiger partial charge on any atom is 0.408 e. The molecule has 0 aromatic heterocycles. The summed E-state index contributed by atoms with van der Waals surface area (Å²) in [4.78, 5) is 38.0. The number of carboxylic acids is 1. The molecule has 208 valence electrons. The van der Waals surface area contributed by atoms with Crippen LogP contribution in [0.15, 0.2) is 54.6 Å². The van der Waals surface area contributed by atoms with Gasteiger partial charge in [0, 0.05) is 5.75 Å². The molecule has 9 heteroatoms. The van der Waals surface area contributed by atoms with Crippen LogP contribution in [0.3, 0.4) is 0 Å². The van der Waals surface area contributed by atoms with E-state index in [-0.39, 0.29) is 18.2 Å². The van der Waals surface area contributed by atoms with Crippen LogP contribution in [-0.4, -0.2) is 47.1 Å². The zero-order valence-corrected chi connectivity index (χ0v) is 23.8. The van der Waals surface area contributed by atoms with Crippen molar-refractivity contribution in [2.75, 3.05) is 7.11 Å². The lowest BCUT2D eigenvalue weighted by Crippen LogP contribution is -2.46. The summed E-state index contributed by atoms with van der Waals surface area (Å²) in [7, 11) is 1.60. The number of methoxy groups -OCH3 is 1. The fourth-order valence-corrected chi connectivity index (χ4v) is 4.89. The van der Waals surface area contributed by atoms with Crippen LogP contribution in [0.5, 0.6) is 5.75 Å². The molecule has 38 heavy (non-hydrogen) atoms. The van der Waals surface area contributed by atoms with Crippen molar-refractivity contribution < 1.29 is 29.0 Å². The quantitative estimate of drug-likeness (QED) is 0.302. The molecule has 2 aromatic carbocycles. The van der Waals surface area contributed by atoms with Crippen LogP contribution in [0.1, 0.15) is 64.6 Å². The minimum atomic E-state index is -1.07. The predicted molar refractivity (Wildman–Crippen MR) is 150 cm³/mol. The number of alkyl carbamates (subject to hydrolysis) is 1. The van der Waals surface area contributed by atoms with Crippen LogP contribution >= 0.6 is 11.8 Å². The SMILES string of the molecule is COc1ccc(CSC(CC(NC(=O)OC(C)(C)C)c2ccccc2)C(=O)N[C@@H](CC(C)C)C(=O)O)cc1. The van der Waals surface area contributed by atoms with Crippen LogP contribution in [0, 0.1) is 5.92 Å². The van der Waals surface area contributed by atoms with Crippen molar-refractivity contribution in [2.24, 2.45) is 5.92 Å². The van der Waals surface area contributed by atoms with E-state index in [1.165, 1.54) is 11.8 Å². The highest BCUT2D eigenvalue weighted by Gasteiger charge is 2.30. The van der Waals surface area contributed by atoms with E-state index in [9.17, 15) is 19.5 Å². The number of carbonyl (C=O) groups is 3. The highest BCUT2D eigenvalue weighted by Crippen LogP contribution is 2.29. The lowest BCUT2D eigenvalue weighted by Gasteiger charge is -2.27. The van der Waals surface area contributed by atoms with E-state index in [1.54, 1.807) is 27.9 Å². The molecule has 3 N–H and O–H groups in total. The molecule has 0 bridgehead atoms. The summed E-state index contributed by atoms with van der Waals surface area (Å²) in [5.74, 6) is -0.122. The normalized spacial score (nSPS) is 13.8. The number of aliphatic carboxylic acids is 1. The minimum absolute atomic E-state index is 0.0905. The summed E-state index contributed by atoms with van der Waals surface area (Å²) in [5.41, 5.74) is 1.12. The van der Waals surface area contributed by atoms with Gasteiger partial charge < -0.3 is 25.2 Å². The first kappa shape index (κ1) is 31.0. The summed E-state index contributed by atoms with van der Waals surface area (Å²) >= 11 is 1.39. The second-order valence-corrected chi connectivity index (χ2v) is 11.7. The summed E-state index contributed by atoms with van der Waals surface area (Å²) in [5, 5.41) is 14.7. The molecule has 2 aromatic rings. The van der Waals surface area contributed by atoms with E-state index in [2.05, 4.69) is 10.6 Å². The monoisotopic (exact) mass is 544 g/mol. The number of rotatable bonds is 13. The van der Waals surface area contributed by atoms with Gasteiger partial charge in [-0.1, -0.05) is 56.3 Å². The van der Waals surface area contributed by atoms with Gasteiger partial charge >= 0.3 is 12.1 Å². The molecule has 2 amide bonds. The van der Waals surface area contributed by atoms with Gasteiger partial charge in [-0.25, -0.2) is 9.59 Å². The Balaban J connectivity index is 2.31. The van der Waals surface area contributed by atoms with Crippen LogP contribution in [0.2, 0.25) is 0 Å². The lowest BCUT2D eigenvalue weighted by atomic mass is 10.0. The van der Waals surface area contributed by atoms with Gasteiger partial charge in [0.2, 0.25) is 5.91 Å². The molecule has 0 spiro atoms. The number of ether oxygens (including phenoxy) is 2. The Morgan fingerprint density at radius 1 is 0.947 bits per heavy atom. The lowest BCUT2D eigenvalue weighted by molar-refractivity contribution is -0.142. The summed E-state index contributed by atoms with van der Waals surface area (Å²) in [6.07, 6.45) is -0.0343. The van der Waals surface area contributed by atoms with Gasteiger partial charge in [0.25, 0.3) is 0 Å². The van der Waals surface area contributed by atoms with Gasteiger partial charge in [-0.15, -0.1) is 11.8 Å². The molecular weight excluding hydrogens is 504 g/mol. The number of hydrogen-bond acceptors (Lipinski definition) is 6. The maximum absolute atomic E-state index is 13.5. The number of carbonyl (C=O) groups excluding carboxylic acids is 2. The van der Waals surface area contributed by atoms with Gasteiger partial charge in [-0.2, -0.15) is 0 Å². The number of hydrogen-bond donors (Lipinski definition) is 3. The van der Waals surface area contributed by atoms with Crippen LogP contribution in [-0.2, 0) is 20.1 Å². The molecular formula is C29H40N2O6S. The Morgan fingerprint density at radius 3 is 2.11 bits per heavy atom. The number of carboxylic acid groups (broad SMARTS) is 1. The Morgan fingerprint density at radius 2 is 1.58 bits per heavy atom. The fourth-order valence-electron chi connectivity index (χ4n) is 3.75. The molecule has 0 radical (unpaired) electrons. The van der Waals surface area contributed by atoms with E-state index < -0.39 is 35.0 Å². The van der Waals surface area contributed by atoms with Crippen molar-refractivity contribution in [3.8, 4) is 5.75 Å². The highest BCUT2D eigenvalue weighted by molar-refractivity contribution is 7.99. The summed E-state index contributed by atoms with van der Waals surface area (Å²) < 4.78 is 10.7. The molecule has 2 rings (SSSR count). The first-order valence-corrected chi connectivity index (χ1v) is 13.7. The molecule has 0 heterocycles. The molecule has 0 saturated carbocycles.